The molecule has 1 unspecified atom stereocenters. The van der Waals surface area contributed by atoms with Gasteiger partial charge in [-0.1, -0.05) is 25.6 Å². The lowest BCUT2D eigenvalue weighted by atomic mass is 10.1. The van der Waals surface area contributed by atoms with E-state index in [1.54, 1.807) is 7.11 Å². The van der Waals surface area contributed by atoms with Crippen LogP contribution >= 0.6 is 11.8 Å². The molecule has 0 saturated carbocycles. The fourth-order valence-electron chi connectivity index (χ4n) is 1.49. The Bertz CT molecular complexity index is 239. The Kier molecular flexibility index (Phi) is 4.46. The Morgan fingerprint density at radius 1 is 1.60 bits per heavy atom. The Labute approximate surface area is 97.1 Å². The van der Waals surface area contributed by atoms with Crippen molar-refractivity contribution < 1.29 is 4.74 Å². The van der Waals surface area contributed by atoms with Crippen LogP contribution in [-0.4, -0.2) is 36.2 Å². The van der Waals surface area contributed by atoms with E-state index in [-0.39, 0.29) is 5.54 Å². The lowest BCUT2D eigenvalue weighted by Crippen LogP contribution is -2.45. The Hall–Kier alpha value is -0.220. The molecule has 1 atom stereocenters. The zero-order valence-electron chi connectivity index (χ0n) is 10.3. The Morgan fingerprint density at radius 2 is 2.27 bits per heavy atom. The van der Waals surface area contributed by atoms with Crippen molar-refractivity contribution in [2.24, 2.45) is 10.9 Å². The average Bonchev–Trinajstić information content (AvgIpc) is 2.51. The fourth-order valence-corrected chi connectivity index (χ4v) is 2.69. The first kappa shape index (κ1) is 12.8. The fraction of sp³-hybridized carbons (Fsp3) is 0.909. The molecule has 0 radical (unpaired) electrons. The number of amidine groups is 1. The molecule has 0 amide bonds. The smallest absolute Gasteiger partial charge is 0.157 e. The topological polar surface area (TPSA) is 33.6 Å². The molecular weight excluding hydrogens is 208 g/mol. The predicted octanol–water partition coefficient (Wildman–Crippen LogP) is 2.13. The second-order valence-corrected chi connectivity index (χ2v) is 6.22. The Balaban J connectivity index is 2.41. The van der Waals surface area contributed by atoms with Crippen molar-refractivity contribution >= 4 is 16.9 Å². The number of rotatable bonds is 4. The molecule has 0 fully saturated rings. The van der Waals surface area contributed by atoms with Crippen molar-refractivity contribution in [2.45, 2.75) is 38.5 Å². The van der Waals surface area contributed by atoms with Crippen molar-refractivity contribution in [1.29, 1.82) is 0 Å². The highest BCUT2D eigenvalue weighted by atomic mass is 32.2. The van der Waals surface area contributed by atoms with Gasteiger partial charge in [0.2, 0.25) is 0 Å². The van der Waals surface area contributed by atoms with Gasteiger partial charge in [-0.25, -0.2) is 0 Å². The van der Waals surface area contributed by atoms with Gasteiger partial charge in [0.15, 0.2) is 5.17 Å². The lowest BCUT2D eigenvalue weighted by molar-refractivity contribution is 0.140. The first-order valence-electron chi connectivity index (χ1n) is 5.43. The first-order chi connectivity index (χ1) is 6.94. The maximum Gasteiger partial charge on any atom is 0.157 e. The van der Waals surface area contributed by atoms with Crippen LogP contribution in [0.3, 0.4) is 0 Å². The van der Waals surface area contributed by atoms with Crippen LogP contribution in [0.15, 0.2) is 4.99 Å². The number of methoxy groups -OCH3 is 1. The van der Waals surface area contributed by atoms with E-state index in [4.69, 9.17) is 4.74 Å². The summed E-state index contributed by atoms with van der Waals surface area (Å²) in [6, 6.07) is 0. The van der Waals surface area contributed by atoms with E-state index in [9.17, 15) is 0 Å². The molecule has 1 rings (SSSR count). The van der Waals surface area contributed by atoms with Gasteiger partial charge in [0.05, 0.1) is 18.7 Å². The molecule has 0 bridgehead atoms. The van der Waals surface area contributed by atoms with Gasteiger partial charge in [0.25, 0.3) is 0 Å². The van der Waals surface area contributed by atoms with Crippen LogP contribution in [-0.2, 0) is 4.74 Å². The summed E-state index contributed by atoms with van der Waals surface area (Å²) in [5.74, 6) is 0.684. The number of hydrogen-bond acceptors (Lipinski definition) is 4. The molecule has 1 aliphatic heterocycles. The van der Waals surface area contributed by atoms with Crippen LogP contribution < -0.4 is 5.32 Å². The predicted molar refractivity (Wildman–Crippen MR) is 67.6 cm³/mol. The number of hydrogen-bond donors (Lipinski definition) is 1. The summed E-state index contributed by atoms with van der Waals surface area (Å²) in [6.07, 6.45) is 0. The molecule has 0 aromatic carbocycles. The van der Waals surface area contributed by atoms with Gasteiger partial charge in [0, 0.05) is 12.4 Å². The van der Waals surface area contributed by atoms with Gasteiger partial charge < -0.3 is 10.1 Å². The van der Waals surface area contributed by atoms with Crippen molar-refractivity contribution in [3.05, 3.63) is 0 Å². The summed E-state index contributed by atoms with van der Waals surface area (Å²) in [6.45, 7) is 10.4. The zero-order chi connectivity index (χ0) is 11.5. The summed E-state index contributed by atoms with van der Waals surface area (Å²) >= 11 is 1.85. The molecular formula is C11H22N2OS. The highest BCUT2D eigenvalue weighted by Crippen LogP contribution is 2.26. The molecule has 0 saturated heterocycles. The summed E-state index contributed by atoms with van der Waals surface area (Å²) in [5, 5.41) is 5.12. The van der Waals surface area contributed by atoms with E-state index >= 15 is 0 Å². The van der Waals surface area contributed by atoms with Gasteiger partial charge in [-0.15, -0.1) is 0 Å². The summed E-state index contributed by atoms with van der Waals surface area (Å²) in [5.41, 5.74) is -0.0353. The van der Waals surface area contributed by atoms with Crippen molar-refractivity contribution in [3.63, 3.8) is 0 Å². The molecule has 4 heteroatoms. The third-order valence-corrected chi connectivity index (χ3v) is 3.82. The van der Waals surface area contributed by atoms with E-state index in [1.165, 1.54) is 0 Å². The van der Waals surface area contributed by atoms with Crippen LogP contribution in [0.2, 0.25) is 0 Å². The molecule has 1 aliphatic rings. The second kappa shape index (κ2) is 5.21. The summed E-state index contributed by atoms with van der Waals surface area (Å²) in [7, 11) is 1.73. The number of aliphatic imine (C=N–C) groups is 1. The second-order valence-electron chi connectivity index (χ2n) is 4.99. The van der Waals surface area contributed by atoms with Crippen LogP contribution in [0, 0.1) is 5.92 Å². The monoisotopic (exact) mass is 230 g/mol. The van der Waals surface area contributed by atoms with Crippen molar-refractivity contribution in [2.75, 3.05) is 20.3 Å². The molecule has 0 aromatic rings. The van der Waals surface area contributed by atoms with Crippen molar-refractivity contribution in [1.82, 2.24) is 5.32 Å². The third kappa shape index (κ3) is 4.03. The van der Waals surface area contributed by atoms with Gasteiger partial charge >= 0.3 is 0 Å². The minimum absolute atomic E-state index is 0.0353. The third-order valence-electron chi connectivity index (χ3n) is 2.37. The van der Waals surface area contributed by atoms with Crippen LogP contribution in [0.25, 0.3) is 0 Å². The minimum Gasteiger partial charge on any atom is -0.382 e. The molecule has 0 aromatic heterocycles. The quantitative estimate of drug-likeness (QED) is 0.803. The lowest BCUT2D eigenvalue weighted by Gasteiger charge is -2.26. The molecule has 3 nitrogen and oxygen atoms in total. The molecule has 88 valence electrons. The Morgan fingerprint density at radius 3 is 2.73 bits per heavy atom. The van der Waals surface area contributed by atoms with Gasteiger partial charge in [-0.05, 0) is 19.8 Å². The molecule has 1 heterocycles. The molecule has 1 N–H and O–H groups in total. The number of ether oxygens (including phenoxy) is 1. The van der Waals surface area contributed by atoms with Gasteiger partial charge in [-0.3, -0.25) is 4.99 Å². The zero-order valence-corrected chi connectivity index (χ0v) is 11.1. The maximum absolute atomic E-state index is 5.16. The minimum atomic E-state index is -0.0353. The summed E-state index contributed by atoms with van der Waals surface area (Å²) < 4.78 is 5.16. The van der Waals surface area contributed by atoms with Gasteiger partial charge in [-0.2, -0.15) is 0 Å². The SMILES string of the molecule is COCC(C)(C)NC1=NCC(C(C)C)S1. The summed E-state index contributed by atoms with van der Waals surface area (Å²) in [4.78, 5) is 4.52. The number of nitrogens with one attached hydrogen (secondary N) is 1. The van der Waals surface area contributed by atoms with Crippen molar-refractivity contribution in [3.8, 4) is 0 Å². The molecule has 0 spiro atoms. The standard InChI is InChI=1S/C11H22N2OS/c1-8(2)9-6-12-10(15-9)13-11(3,4)7-14-5/h8-9H,6-7H2,1-5H3,(H,12,13). The average molecular weight is 230 g/mol. The van der Waals surface area contributed by atoms with Crippen LogP contribution in [0.1, 0.15) is 27.7 Å². The number of thioether (sulfide) groups is 1. The van der Waals surface area contributed by atoms with E-state index < -0.39 is 0 Å². The highest BCUT2D eigenvalue weighted by Gasteiger charge is 2.26. The highest BCUT2D eigenvalue weighted by molar-refractivity contribution is 8.14. The first-order valence-corrected chi connectivity index (χ1v) is 6.31. The molecule has 0 aliphatic carbocycles. The number of nitrogens with zero attached hydrogens (tertiary/aromatic N) is 1. The van der Waals surface area contributed by atoms with Gasteiger partial charge in [0.1, 0.15) is 0 Å². The van der Waals surface area contributed by atoms with Crippen LogP contribution in [0.5, 0.6) is 0 Å². The van der Waals surface area contributed by atoms with E-state index in [1.807, 2.05) is 11.8 Å². The largest absolute Gasteiger partial charge is 0.382 e. The van der Waals surface area contributed by atoms with E-state index in [0.29, 0.717) is 17.8 Å². The maximum atomic E-state index is 5.16. The van der Waals surface area contributed by atoms with E-state index in [2.05, 4.69) is 38.0 Å². The molecule has 15 heavy (non-hydrogen) atoms. The normalized spacial score (nSPS) is 22.0. The van der Waals surface area contributed by atoms with E-state index in [0.717, 1.165) is 11.7 Å². The van der Waals surface area contributed by atoms with Crippen LogP contribution in [0.4, 0.5) is 0 Å².